The number of hydrogen-bond acceptors (Lipinski definition) is 4. The molecule has 0 radical (unpaired) electrons. The maximum Gasteiger partial charge on any atom is 0.0594 e. The first kappa shape index (κ1) is 12.3. The molecule has 2 heterocycles. The van der Waals surface area contributed by atoms with Crippen molar-refractivity contribution in [2.24, 2.45) is 5.73 Å². The highest BCUT2D eigenvalue weighted by Gasteiger charge is 2.28. The van der Waals surface area contributed by atoms with Crippen LogP contribution in [0.15, 0.2) is 0 Å². The topological polar surface area (TPSA) is 41.7 Å². The Morgan fingerprint density at radius 3 is 2.94 bits per heavy atom. The zero-order chi connectivity index (χ0) is 11.2. The summed E-state index contributed by atoms with van der Waals surface area (Å²) in [5.41, 5.74) is 5.39. The smallest absolute Gasteiger partial charge is 0.0594 e. The molecule has 2 fully saturated rings. The van der Waals surface area contributed by atoms with Crippen molar-refractivity contribution in [3.8, 4) is 0 Å². The Morgan fingerprint density at radius 2 is 2.06 bits per heavy atom. The van der Waals surface area contributed by atoms with Crippen LogP contribution >= 0.6 is 0 Å². The van der Waals surface area contributed by atoms with E-state index < -0.39 is 0 Å². The molecule has 2 saturated heterocycles. The lowest BCUT2D eigenvalue weighted by Gasteiger charge is -2.44. The summed E-state index contributed by atoms with van der Waals surface area (Å²) in [6, 6.07) is 0.817. The number of fused-ring (bicyclic) bond motifs is 1. The summed E-state index contributed by atoms with van der Waals surface area (Å²) in [5.74, 6) is 0. The number of rotatable bonds is 5. The molecular formula is C12H25N3O. The highest BCUT2D eigenvalue weighted by molar-refractivity contribution is 4.84. The highest BCUT2D eigenvalue weighted by Crippen LogP contribution is 2.20. The van der Waals surface area contributed by atoms with Gasteiger partial charge in [-0.25, -0.2) is 0 Å². The summed E-state index contributed by atoms with van der Waals surface area (Å²) in [4.78, 5) is 5.21. The van der Waals surface area contributed by atoms with Gasteiger partial charge in [0.15, 0.2) is 0 Å². The van der Waals surface area contributed by atoms with Crippen LogP contribution in [0.4, 0.5) is 0 Å². The van der Waals surface area contributed by atoms with Crippen molar-refractivity contribution in [1.29, 1.82) is 0 Å². The zero-order valence-corrected chi connectivity index (χ0v) is 10.2. The number of nitrogens with two attached hydrogens (primary N) is 1. The predicted molar refractivity (Wildman–Crippen MR) is 65.5 cm³/mol. The van der Waals surface area contributed by atoms with Gasteiger partial charge in [-0.15, -0.1) is 0 Å². The fourth-order valence-electron chi connectivity index (χ4n) is 2.80. The van der Waals surface area contributed by atoms with Crippen LogP contribution in [0.2, 0.25) is 0 Å². The lowest BCUT2D eigenvalue weighted by atomic mass is 9.99. The minimum atomic E-state index is 0.635. The van der Waals surface area contributed by atoms with Gasteiger partial charge in [0.1, 0.15) is 0 Å². The van der Waals surface area contributed by atoms with Crippen LogP contribution in [0.25, 0.3) is 0 Å². The van der Waals surface area contributed by atoms with Crippen LogP contribution < -0.4 is 5.73 Å². The molecule has 0 spiro atoms. The van der Waals surface area contributed by atoms with Gasteiger partial charge >= 0.3 is 0 Å². The van der Waals surface area contributed by atoms with Gasteiger partial charge in [0.25, 0.3) is 0 Å². The van der Waals surface area contributed by atoms with Crippen LogP contribution in [-0.4, -0.2) is 68.3 Å². The average Bonchev–Trinajstić information content (AvgIpc) is 2.34. The molecule has 0 aliphatic carbocycles. The number of piperidine rings is 1. The summed E-state index contributed by atoms with van der Waals surface area (Å²) in [5, 5.41) is 0. The van der Waals surface area contributed by atoms with Crippen LogP contribution in [0, 0.1) is 0 Å². The minimum Gasteiger partial charge on any atom is -0.379 e. The monoisotopic (exact) mass is 227 g/mol. The second kappa shape index (κ2) is 6.55. The Bertz CT molecular complexity index is 201. The number of ether oxygens (including phenoxy) is 1. The van der Waals surface area contributed by atoms with Crippen molar-refractivity contribution in [2.45, 2.75) is 25.3 Å². The molecule has 1 unspecified atom stereocenters. The van der Waals surface area contributed by atoms with E-state index in [4.69, 9.17) is 10.5 Å². The second-order valence-electron chi connectivity index (χ2n) is 4.89. The van der Waals surface area contributed by atoms with Gasteiger partial charge in [-0.1, -0.05) is 6.42 Å². The number of piperazine rings is 1. The third kappa shape index (κ3) is 3.42. The second-order valence-corrected chi connectivity index (χ2v) is 4.89. The normalized spacial score (nSPS) is 27.9. The SMILES string of the molecule is NCCOCCN1CCN2CCCCC2C1. The molecule has 4 heteroatoms. The summed E-state index contributed by atoms with van der Waals surface area (Å²) in [6.45, 7) is 8.27. The maximum absolute atomic E-state index is 5.44. The summed E-state index contributed by atoms with van der Waals surface area (Å²) in [7, 11) is 0. The van der Waals surface area contributed by atoms with E-state index in [0.717, 1.165) is 19.2 Å². The Balaban J connectivity index is 1.65. The van der Waals surface area contributed by atoms with Crippen molar-refractivity contribution < 1.29 is 4.74 Å². The van der Waals surface area contributed by atoms with Crippen LogP contribution in [0.5, 0.6) is 0 Å². The molecule has 2 aliphatic heterocycles. The van der Waals surface area contributed by atoms with Gasteiger partial charge in [-0.2, -0.15) is 0 Å². The first-order chi connectivity index (χ1) is 7.90. The molecule has 2 rings (SSSR count). The maximum atomic E-state index is 5.44. The standard InChI is InChI=1S/C12H25N3O/c13-4-9-16-10-8-14-6-7-15-5-2-1-3-12(15)11-14/h12H,1-11,13H2. The molecule has 0 aromatic carbocycles. The van der Waals surface area contributed by atoms with Crippen LogP contribution in [0.1, 0.15) is 19.3 Å². The number of nitrogens with zero attached hydrogens (tertiary/aromatic N) is 2. The third-order valence-electron chi connectivity index (χ3n) is 3.74. The average molecular weight is 227 g/mol. The largest absolute Gasteiger partial charge is 0.379 e. The molecule has 0 aromatic rings. The Morgan fingerprint density at radius 1 is 1.12 bits per heavy atom. The van der Waals surface area contributed by atoms with E-state index >= 15 is 0 Å². The van der Waals surface area contributed by atoms with E-state index in [2.05, 4.69) is 9.80 Å². The summed E-state index contributed by atoms with van der Waals surface area (Å²) in [6.07, 6.45) is 4.20. The zero-order valence-electron chi connectivity index (χ0n) is 10.2. The van der Waals surface area contributed by atoms with Crippen molar-refractivity contribution in [3.05, 3.63) is 0 Å². The molecule has 16 heavy (non-hydrogen) atoms. The van der Waals surface area contributed by atoms with Crippen molar-refractivity contribution in [2.75, 3.05) is 52.5 Å². The van der Waals surface area contributed by atoms with E-state index in [-0.39, 0.29) is 0 Å². The molecule has 4 nitrogen and oxygen atoms in total. The fourth-order valence-corrected chi connectivity index (χ4v) is 2.80. The lowest BCUT2D eigenvalue weighted by molar-refractivity contribution is 0.0306. The molecule has 0 bridgehead atoms. The molecule has 0 amide bonds. The van der Waals surface area contributed by atoms with E-state index in [0.29, 0.717) is 13.2 Å². The first-order valence-electron chi connectivity index (χ1n) is 6.64. The quantitative estimate of drug-likeness (QED) is 0.678. The molecule has 0 aromatic heterocycles. The molecule has 94 valence electrons. The minimum absolute atomic E-state index is 0.635. The van der Waals surface area contributed by atoms with Gasteiger partial charge < -0.3 is 10.5 Å². The summed E-state index contributed by atoms with van der Waals surface area (Å²) < 4.78 is 5.44. The predicted octanol–water partition coefficient (Wildman–Crippen LogP) is 0.132. The lowest BCUT2D eigenvalue weighted by Crippen LogP contribution is -2.55. The molecule has 2 aliphatic rings. The van der Waals surface area contributed by atoms with Gasteiger partial charge in [-0.05, 0) is 19.4 Å². The molecule has 1 atom stereocenters. The van der Waals surface area contributed by atoms with Gasteiger partial charge in [0, 0.05) is 38.8 Å². The molecule has 0 saturated carbocycles. The van der Waals surface area contributed by atoms with E-state index in [1.807, 2.05) is 0 Å². The van der Waals surface area contributed by atoms with Gasteiger partial charge in [0.2, 0.25) is 0 Å². The van der Waals surface area contributed by atoms with E-state index in [1.54, 1.807) is 0 Å². The molecular weight excluding hydrogens is 202 g/mol. The Labute approximate surface area is 98.7 Å². The fraction of sp³-hybridized carbons (Fsp3) is 1.00. The van der Waals surface area contributed by atoms with Crippen molar-refractivity contribution in [1.82, 2.24) is 9.80 Å². The van der Waals surface area contributed by atoms with Gasteiger partial charge in [0.05, 0.1) is 13.2 Å². The van der Waals surface area contributed by atoms with Crippen molar-refractivity contribution >= 4 is 0 Å². The number of hydrogen-bond donors (Lipinski definition) is 1. The van der Waals surface area contributed by atoms with Crippen LogP contribution in [0.3, 0.4) is 0 Å². The van der Waals surface area contributed by atoms with E-state index in [9.17, 15) is 0 Å². The summed E-state index contributed by atoms with van der Waals surface area (Å²) >= 11 is 0. The van der Waals surface area contributed by atoms with E-state index in [1.165, 1.54) is 45.4 Å². The first-order valence-corrected chi connectivity index (χ1v) is 6.64. The Kier molecular flexibility index (Phi) is 5.03. The Hall–Kier alpha value is -0.160. The molecule has 2 N–H and O–H groups in total. The van der Waals surface area contributed by atoms with Gasteiger partial charge in [-0.3, -0.25) is 9.80 Å². The highest BCUT2D eigenvalue weighted by atomic mass is 16.5. The van der Waals surface area contributed by atoms with Crippen molar-refractivity contribution in [3.63, 3.8) is 0 Å². The third-order valence-corrected chi connectivity index (χ3v) is 3.74. The van der Waals surface area contributed by atoms with Crippen LogP contribution in [-0.2, 0) is 4.74 Å².